The zero-order valence-corrected chi connectivity index (χ0v) is 44.5. The van der Waals surface area contributed by atoms with Gasteiger partial charge in [0.15, 0.2) is 23.1 Å². The number of esters is 1. The number of hydrogen-bond donors (Lipinski definition) is 6. The smallest absolute Gasteiger partial charge is 0.351 e. The number of carbonyl (C=O) groups is 1. The van der Waals surface area contributed by atoms with Crippen molar-refractivity contribution in [3.8, 4) is 17.9 Å². The molecule has 23 nitrogen and oxygen atoms in total. The zero-order chi connectivity index (χ0) is 55.6. The Morgan fingerprint density at radius 1 is 1.00 bits per heavy atom. The molecule has 1 aliphatic rings. The predicted octanol–water partition coefficient (Wildman–Crippen LogP) is 7.51. The third-order valence-corrected chi connectivity index (χ3v) is 13.6. The molecule has 5 heterocycles. The van der Waals surface area contributed by atoms with E-state index in [1.807, 2.05) is 57.2 Å². The second kappa shape index (κ2) is 27.5. The number of nitrogen functional groups attached to an aromatic ring is 2. The number of nitrogens with zero attached hydrogens (tertiary/aromatic N) is 10. The number of aryl methyl sites for hydroxylation is 2. The molecule has 1 fully saturated rings. The summed E-state index contributed by atoms with van der Waals surface area (Å²) in [5, 5.41) is 35.7. The lowest BCUT2D eigenvalue weighted by molar-refractivity contribution is -0.149. The van der Waals surface area contributed by atoms with Crippen LogP contribution in [0.3, 0.4) is 0 Å². The summed E-state index contributed by atoms with van der Waals surface area (Å²) in [5.74, 6) is 0.539. The summed E-state index contributed by atoms with van der Waals surface area (Å²) in [7, 11) is -3.64. The number of halogens is 1. The van der Waals surface area contributed by atoms with Crippen molar-refractivity contribution < 1.29 is 37.6 Å². The topological polar surface area (TPSA) is 331 Å². The van der Waals surface area contributed by atoms with Crippen molar-refractivity contribution in [2.75, 3.05) is 40.8 Å². The van der Waals surface area contributed by atoms with Crippen molar-refractivity contribution >= 4 is 77.3 Å². The molecule has 402 valence electrons. The number of benzene rings is 3. The lowest BCUT2D eigenvalue weighted by Gasteiger charge is -2.25. The number of carbonyl (C=O) groups excluding carboxylic acids is 1. The van der Waals surface area contributed by atoms with E-state index in [1.54, 1.807) is 86.4 Å². The van der Waals surface area contributed by atoms with E-state index in [-0.39, 0.29) is 25.2 Å². The van der Waals surface area contributed by atoms with Gasteiger partial charge in [0.25, 0.3) is 0 Å². The minimum Gasteiger partial charge on any atom is -0.462 e. The number of hydrogen-bond acceptors (Lipinski definition) is 21. The minimum atomic E-state index is -3.64. The molecular weight excluding hydrogens is 1030 g/mol. The summed E-state index contributed by atoms with van der Waals surface area (Å²) < 4.78 is 51.7. The Morgan fingerprint density at radius 2 is 1.73 bits per heavy atom. The van der Waals surface area contributed by atoms with Gasteiger partial charge in [-0.05, 0) is 119 Å². The largest absolute Gasteiger partial charge is 0.462 e. The van der Waals surface area contributed by atoms with E-state index >= 15 is 0 Å². The summed E-state index contributed by atoms with van der Waals surface area (Å²) in [6.45, 7) is 11.1. The molecular formula is C51H57FN15O8PS. The molecule has 0 radical (unpaired) electrons. The van der Waals surface area contributed by atoms with Crippen molar-refractivity contribution in [3.05, 3.63) is 142 Å². The number of aromatic nitrogens is 8. The third-order valence-electron chi connectivity index (χ3n) is 10.7. The number of allylic oxidation sites excluding steroid dienone is 1. The van der Waals surface area contributed by atoms with Crippen LogP contribution in [-0.2, 0) is 30.1 Å². The molecule has 1 aliphatic heterocycles. The first-order valence-corrected chi connectivity index (χ1v) is 26.5. The number of imidazole rings is 1. The van der Waals surface area contributed by atoms with Crippen LogP contribution in [0.4, 0.5) is 39.2 Å². The number of fused-ring (bicyclic) bond motifs is 1. The van der Waals surface area contributed by atoms with Crippen LogP contribution in [0.5, 0.6) is 5.75 Å². The molecule has 1 saturated heterocycles. The van der Waals surface area contributed by atoms with Crippen molar-refractivity contribution in [2.24, 2.45) is 0 Å². The fraction of sp³-hybridized carbons (Fsp3) is 0.294. The number of ether oxygens (including phenoxy) is 3. The fourth-order valence-corrected chi connectivity index (χ4v) is 9.88. The highest BCUT2D eigenvalue weighted by atomic mass is 32.2. The van der Waals surface area contributed by atoms with E-state index in [1.165, 1.54) is 24.2 Å². The van der Waals surface area contributed by atoms with E-state index in [0.717, 1.165) is 38.8 Å². The standard InChI is InChI=1S/C22H18N6.C21H29N6O5P.C8H10FN3O3S/c1-15-12-18(4-3-10-23)13-16(2)21(15)27-20-9-11-25-22(28-20)26-19-7-5-17(14-24)6-8-19;1-14(2)31-21(28)16(4)26-33(29,32-17-8-6-5-7-9-17)13-30-15(3)10-27-12-25-18-19(22)23-11-24-20(18)27;9-4-1-12(8(14)11-7(4)10)5-3-16-6(2-13)15-5/h3-9,11-13H,1-2H3,(H2,25,26,27,28);5-9,11-12,14-16H,10,13H2,1-4H3,(H,26,29)(H2,22,23,24);1,5-6,13H,2-3H2,(H2,10,11,14)/b4-3+;;/t;15-,16+,33+;5-,6+/m.10/s1. The maximum atomic E-state index is 13.6. The number of thioether (sulfide) groups is 1. The van der Waals surface area contributed by atoms with Gasteiger partial charge in [-0.1, -0.05) is 18.2 Å². The molecule has 0 unspecified atom stereocenters. The van der Waals surface area contributed by atoms with Crippen LogP contribution in [0.1, 0.15) is 56.2 Å². The van der Waals surface area contributed by atoms with Gasteiger partial charge in [-0.25, -0.2) is 34.2 Å². The van der Waals surface area contributed by atoms with Crippen LogP contribution in [0.15, 0.2) is 109 Å². The molecule has 5 atom stereocenters. The molecule has 0 bridgehead atoms. The first kappa shape index (κ1) is 58.0. The summed E-state index contributed by atoms with van der Waals surface area (Å²) in [6, 6.07) is 24.8. The van der Waals surface area contributed by atoms with Gasteiger partial charge in [-0.15, -0.1) is 11.8 Å². The van der Waals surface area contributed by atoms with Gasteiger partial charge in [0.2, 0.25) is 5.95 Å². The highest BCUT2D eigenvalue weighted by Crippen LogP contribution is 2.44. The molecule has 8 rings (SSSR count). The lowest BCUT2D eigenvalue weighted by atomic mass is 10.0. The summed E-state index contributed by atoms with van der Waals surface area (Å²) in [6.07, 6.45) is 7.29. The predicted molar refractivity (Wildman–Crippen MR) is 290 cm³/mol. The molecule has 8 N–H and O–H groups in total. The average Bonchev–Trinajstić information content (AvgIpc) is 4.07. The second-order valence-corrected chi connectivity index (χ2v) is 20.5. The zero-order valence-electron chi connectivity index (χ0n) is 42.8. The van der Waals surface area contributed by atoms with E-state index in [0.29, 0.717) is 52.4 Å². The van der Waals surface area contributed by atoms with Gasteiger partial charge < -0.3 is 50.5 Å². The van der Waals surface area contributed by atoms with Crippen molar-refractivity contribution in [1.82, 2.24) is 44.1 Å². The Kier molecular flexibility index (Phi) is 20.7. The number of aliphatic hydroxyl groups is 1. The maximum Gasteiger partial charge on any atom is 0.351 e. The van der Waals surface area contributed by atoms with E-state index < -0.39 is 48.5 Å². The number of para-hydroxylation sites is 1. The van der Waals surface area contributed by atoms with Crippen molar-refractivity contribution in [2.45, 2.75) is 78.0 Å². The summed E-state index contributed by atoms with van der Waals surface area (Å²) in [5.41, 5.74) is 16.5. The van der Waals surface area contributed by atoms with E-state index in [2.05, 4.69) is 51.7 Å². The van der Waals surface area contributed by atoms with Gasteiger partial charge in [0, 0.05) is 29.4 Å². The number of aliphatic hydroxyl groups excluding tert-OH is 1. The number of nitrogens with one attached hydrogen (secondary N) is 3. The van der Waals surface area contributed by atoms with Crippen LogP contribution in [0.2, 0.25) is 0 Å². The van der Waals surface area contributed by atoms with Gasteiger partial charge in [0.1, 0.15) is 47.5 Å². The quantitative estimate of drug-likeness (QED) is 0.0275. The second-order valence-electron chi connectivity index (χ2n) is 17.2. The number of rotatable bonds is 18. The van der Waals surface area contributed by atoms with E-state index in [4.69, 9.17) is 45.8 Å². The van der Waals surface area contributed by atoms with Crippen molar-refractivity contribution in [1.29, 1.82) is 10.5 Å². The van der Waals surface area contributed by atoms with Crippen LogP contribution in [0, 0.1) is 42.3 Å². The van der Waals surface area contributed by atoms with Gasteiger partial charge in [-0.2, -0.15) is 20.5 Å². The molecule has 77 heavy (non-hydrogen) atoms. The Labute approximate surface area is 447 Å². The van der Waals surface area contributed by atoms with Gasteiger partial charge >= 0.3 is 19.2 Å². The van der Waals surface area contributed by atoms with Gasteiger partial charge in [-0.3, -0.25) is 13.9 Å². The van der Waals surface area contributed by atoms with Crippen LogP contribution in [0.25, 0.3) is 17.2 Å². The number of nitrogens with two attached hydrogens (primary N) is 2. The molecule has 3 aromatic carbocycles. The number of nitriles is 2. The average molecular weight is 1090 g/mol. The Morgan fingerprint density at radius 3 is 2.39 bits per heavy atom. The first-order valence-electron chi connectivity index (χ1n) is 23.7. The fourth-order valence-electron chi connectivity index (χ4n) is 7.16. The van der Waals surface area contributed by atoms with Crippen molar-refractivity contribution in [3.63, 3.8) is 0 Å². The third kappa shape index (κ3) is 16.9. The summed E-state index contributed by atoms with van der Waals surface area (Å²) >= 11 is 1.35. The molecule has 0 amide bonds. The first-order chi connectivity index (χ1) is 36.9. The van der Waals surface area contributed by atoms with Gasteiger partial charge in [0.05, 0.1) is 55.6 Å². The van der Waals surface area contributed by atoms with Crippen LogP contribution < -0.4 is 37.4 Å². The Balaban J connectivity index is 0.000000198. The molecule has 7 aromatic rings. The Hall–Kier alpha value is -8.29. The molecule has 0 spiro atoms. The SMILES string of the molecule is CC(C)OC(=O)[C@H](C)N[P@](=O)(CO[C@H](C)Cn1cnc2c(N)ncnc21)Oc1ccccc1.Cc1cc(/C=C/C#N)cc(C)c1Nc1ccnc(Nc2ccc(C#N)cc2)n1.Nc1nc(=O)n([C@@H]2CS[C@H](CO)O2)cc1F. The summed E-state index contributed by atoms with van der Waals surface area (Å²) in [4.78, 5) is 48.1. The van der Waals surface area contributed by atoms with Crippen LogP contribution >= 0.6 is 19.3 Å². The monoisotopic (exact) mass is 1090 g/mol. The highest BCUT2D eigenvalue weighted by molar-refractivity contribution is 8.00. The lowest BCUT2D eigenvalue weighted by Crippen LogP contribution is -2.37. The van der Waals surface area contributed by atoms with Crippen LogP contribution in [-0.4, -0.2) is 92.5 Å². The molecule has 0 aliphatic carbocycles. The normalized spacial score (nSPS) is 15.4. The number of anilines is 6. The Bertz CT molecular complexity index is 3330. The molecule has 26 heteroatoms. The maximum absolute atomic E-state index is 13.6. The highest BCUT2D eigenvalue weighted by Gasteiger charge is 2.32. The minimum absolute atomic E-state index is 0.152. The molecule has 0 saturated carbocycles. The van der Waals surface area contributed by atoms with E-state index in [9.17, 15) is 18.5 Å². The molecule has 4 aromatic heterocycles.